The maximum atomic E-state index is 11.3. The molecule has 0 spiro atoms. The fourth-order valence-electron chi connectivity index (χ4n) is 1.10. The monoisotopic (exact) mass is 221 g/mol. The van der Waals surface area contributed by atoms with E-state index < -0.39 is 0 Å². The quantitative estimate of drug-likeness (QED) is 0.447. The van der Waals surface area contributed by atoms with Gasteiger partial charge in [-0.05, 0) is 24.6 Å². The van der Waals surface area contributed by atoms with Crippen molar-refractivity contribution in [3.8, 4) is 0 Å². The molecule has 5 heteroatoms. The highest BCUT2D eigenvalue weighted by atomic mass is 16.5. The van der Waals surface area contributed by atoms with Crippen LogP contribution in [0.2, 0.25) is 0 Å². The van der Waals surface area contributed by atoms with Crippen LogP contribution in [0, 0.1) is 6.92 Å². The lowest BCUT2D eigenvalue weighted by molar-refractivity contribution is 0.0601. The Kier molecular flexibility index (Phi) is 3.99. The van der Waals surface area contributed by atoms with Crippen LogP contribution in [-0.4, -0.2) is 32.2 Å². The third-order valence-corrected chi connectivity index (χ3v) is 1.96. The molecule has 0 aromatic heterocycles. The van der Waals surface area contributed by atoms with Gasteiger partial charge in [0.1, 0.15) is 0 Å². The molecule has 0 saturated heterocycles. The molecule has 0 bridgehead atoms. The highest BCUT2D eigenvalue weighted by Crippen LogP contribution is 2.21. The number of benzene rings is 1. The lowest BCUT2D eigenvalue weighted by Gasteiger charge is -2.04. The van der Waals surface area contributed by atoms with Crippen LogP contribution >= 0.6 is 0 Å². The largest absolute Gasteiger partial charge is 0.465 e. The number of rotatable bonds is 3. The van der Waals surface area contributed by atoms with Gasteiger partial charge in [-0.3, -0.25) is 5.01 Å². The van der Waals surface area contributed by atoms with Crippen LogP contribution in [0.4, 0.5) is 5.69 Å². The number of carbonyl (C=O) groups excluding carboxylic acids is 1. The Morgan fingerprint density at radius 2 is 2.06 bits per heavy atom. The van der Waals surface area contributed by atoms with Gasteiger partial charge in [-0.2, -0.15) is 0 Å². The van der Waals surface area contributed by atoms with E-state index in [9.17, 15) is 4.79 Å². The van der Waals surface area contributed by atoms with Crippen molar-refractivity contribution in [2.24, 2.45) is 10.3 Å². The van der Waals surface area contributed by atoms with E-state index in [0.717, 1.165) is 5.56 Å². The van der Waals surface area contributed by atoms with E-state index in [-0.39, 0.29) is 5.97 Å². The van der Waals surface area contributed by atoms with Gasteiger partial charge in [-0.15, -0.1) is 5.11 Å². The zero-order valence-electron chi connectivity index (χ0n) is 9.89. The van der Waals surface area contributed by atoms with Crippen molar-refractivity contribution < 1.29 is 9.53 Å². The maximum absolute atomic E-state index is 11.3. The second-order valence-electron chi connectivity index (χ2n) is 3.53. The van der Waals surface area contributed by atoms with Crippen LogP contribution in [0.1, 0.15) is 15.9 Å². The van der Waals surface area contributed by atoms with Crippen molar-refractivity contribution in [3.05, 3.63) is 29.3 Å². The minimum atomic E-state index is -0.374. The number of hydrogen-bond donors (Lipinski definition) is 0. The van der Waals surface area contributed by atoms with E-state index in [0.29, 0.717) is 11.3 Å². The number of esters is 1. The molecule has 0 aliphatic rings. The van der Waals surface area contributed by atoms with Crippen LogP contribution in [0.25, 0.3) is 0 Å². The second-order valence-corrected chi connectivity index (χ2v) is 3.53. The molecule has 0 heterocycles. The molecule has 0 amide bonds. The van der Waals surface area contributed by atoms with Gasteiger partial charge in [0.05, 0.1) is 18.4 Å². The van der Waals surface area contributed by atoms with Gasteiger partial charge < -0.3 is 4.74 Å². The Bertz CT molecular complexity index is 414. The summed E-state index contributed by atoms with van der Waals surface area (Å²) in [6, 6.07) is 5.18. The first-order chi connectivity index (χ1) is 7.54. The summed E-state index contributed by atoms with van der Waals surface area (Å²) in [5.41, 5.74) is 2.09. The summed E-state index contributed by atoms with van der Waals surface area (Å²) in [5, 5.41) is 9.50. The van der Waals surface area contributed by atoms with E-state index in [1.54, 1.807) is 31.2 Å². The van der Waals surface area contributed by atoms with E-state index >= 15 is 0 Å². The molecule has 1 rings (SSSR count). The van der Waals surface area contributed by atoms with Gasteiger partial charge in [0.2, 0.25) is 0 Å². The Hall–Kier alpha value is -1.91. The fourth-order valence-corrected chi connectivity index (χ4v) is 1.10. The molecule has 86 valence electrons. The summed E-state index contributed by atoms with van der Waals surface area (Å²) in [6.45, 7) is 1.91. The average molecular weight is 221 g/mol. The number of aryl methyl sites for hydroxylation is 1. The molecule has 0 atom stereocenters. The standard InChI is InChI=1S/C11H15N3O2/c1-8-5-6-9(11(15)16-4)7-10(8)12-13-14(2)3/h5-7H,1-4H3. The minimum Gasteiger partial charge on any atom is -0.465 e. The van der Waals surface area contributed by atoms with Crippen molar-refractivity contribution in [3.63, 3.8) is 0 Å². The molecule has 16 heavy (non-hydrogen) atoms. The summed E-state index contributed by atoms with van der Waals surface area (Å²) < 4.78 is 4.64. The summed E-state index contributed by atoms with van der Waals surface area (Å²) in [5.74, 6) is -0.374. The summed E-state index contributed by atoms with van der Waals surface area (Å²) >= 11 is 0. The number of nitrogens with zero attached hydrogens (tertiary/aromatic N) is 3. The zero-order valence-corrected chi connectivity index (χ0v) is 9.89. The molecular weight excluding hydrogens is 206 g/mol. The molecule has 0 aliphatic carbocycles. The van der Waals surface area contributed by atoms with Crippen LogP contribution in [0.15, 0.2) is 28.5 Å². The predicted molar refractivity (Wildman–Crippen MR) is 60.7 cm³/mol. The average Bonchev–Trinajstić information content (AvgIpc) is 2.26. The first kappa shape index (κ1) is 12.2. The van der Waals surface area contributed by atoms with Crippen LogP contribution < -0.4 is 0 Å². The van der Waals surface area contributed by atoms with Gasteiger partial charge >= 0.3 is 5.97 Å². The highest BCUT2D eigenvalue weighted by molar-refractivity contribution is 5.90. The molecule has 5 nitrogen and oxygen atoms in total. The Morgan fingerprint density at radius 3 is 2.62 bits per heavy atom. The van der Waals surface area contributed by atoms with Gasteiger partial charge in [-0.25, -0.2) is 4.79 Å². The molecule has 1 aromatic carbocycles. The highest BCUT2D eigenvalue weighted by Gasteiger charge is 2.07. The van der Waals surface area contributed by atoms with E-state index in [1.165, 1.54) is 7.11 Å². The first-order valence-corrected chi connectivity index (χ1v) is 4.82. The molecule has 1 aromatic rings. The van der Waals surface area contributed by atoms with Crippen LogP contribution in [0.3, 0.4) is 0 Å². The summed E-state index contributed by atoms with van der Waals surface area (Å²) in [7, 11) is 4.91. The molecule has 0 saturated carbocycles. The normalized spacial score (nSPS) is 10.5. The van der Waals surface area contributed by atoms with Gasteiger partial charge in [-0.1, -0.05) is 11.3 Å². The Balaban J connectivity index is 3.04. The van der Waals surface area contributed by atoms with E-state index in [2.05, 4.69) is 15.1 Å². The smallest absolute Gasteiger partial charge is 0.337 e. The minimum absolute atomic E-state index is 0.374. The Labute approximate surface area is 94.7 Å². The number of hydrogen-bond acceptors (Lipinski definition) is 4. The lowest BCUT2D eigenvalue weighted by Crippen LogP contribution is -2.01. The predicted octanol–water partition coefficient (Wildman–Crippen LogP) is 2.34. The van der Waals surface area contributed by atoms with Crippen molar-refractivity contribution in [2.45, 2.75) is 6.92 Å². The third kappa shape index (κ3) is 3.05. The van der Waals surface area contributed by atoms with Crippen molar-refractivity contribution in [2.75, 3.05) is 21.2 Å². The number of methoxy groups -OCH3 is 1. The van der Waals surface area contributed by atoms with Crippen molar-refractivity contribution in [1.82, 2.24) is 5.01 Å². The Morgan fingerprint density at radius 1 is 1.38 bits per heavy atom. The third-order valence-electron chi connectivity index (χ3n) is 1.96. The molecule has 0 radical (unpaired) electrons. The van der Waals surface area contributed by atoms with Crippen molar-refractivity contribution >= 4 is 11.7 Å². The van der Waals surface area contributed by atoms with Crippen LogP contribution in [0.5, 0.6) is 0 Å². The van der Waals surface area contributed by atoms with Gasteiger partial charge in [0, 0.05) is 14.1 Å². The number of ether oxygens (including phenoxy) is 1. The van der Waals surface area contributed by atoms with E-state index in [4.69, 9.17) is 0 Å². The second kappa shape index (κ2) is 5.25. The topological polar surface area (TPSA) is 54.3 Å². The molecule has 0 fully saturated rings. The molecule has 0 unspecified atom stereocenters. The van der Waals surface area contributed by atoms with Gasteiger partial charge in [0.15, 0.2) is 0 Å². The van der Waals surface area contributed by atoms with E-state index in [1.807, 2.05) is 13.0 Å². The molecular formula is C11H15N3O2. The van der Waals surface area contributed by atoms with Crippen molar-refractivity contribution in [1.29, 1.82) is 0 Å². The maximum Gasteiger partial charge on any atom is 0.337 e. The van der Waals surface area contributed by atoms with Gasteiger partial charge in [0.25, 0.3) is 0 Å². The summed E-state index contributed by atoms with van der Waals surface area (Å²) in [6.07, 6.45) is 0. The molecule has 0 N–H and O–H groups in total. The first-order valence-electron chi connectivity index (χ1n) is 4.82. The fraction of sp³-hybridized carbons (Fsp3) is 0.364. The van der Waals surface area contributed by atoms with Crippen LogP contribution in [-0.2, 0) is 4.74 Å². The lowest BCUT2D eigenvalue weighted by atomic mass is 10.1. The summed E-state index contributed by atoms with van der Waals surface area (Å²) in [4.78, 5) is 11.3. The zero-order chi connectivity index (χ0) is 12.1. The molecule has 0 aliphatic heterocycles. The number of carbonyl (C=O) groups is 1. The SMILES string of the molecule is COC(=O)c1ccc(C)c(N=NN(C)C)c1.